The van der Waals surface area contributed by atoms with Crippen molar-refractivity contribution in [3.8, 4) is 0 Å². The fourth-order valence-corrected chi connectivity index (χ4v) is 2.25. The molecule has 3 rings (SSSR count). The molecule has 3 nitrogen and oxygen atoms in total. The van der Waals surface area contributed by atoms with Gasteiger partial charge in [0.1, 0.15) is 5.71 Å². The molecule has 0 atom stereocenters. The molecule has 23 heavy (non-hydrogen) atoms. The highest BCUT2D eigenvalue weighted by molar-refractivity contribution is 6.13. The third kappa shape index (κ3) is 3.77. The van der Waals surface area contributed by atoms with Gasteiger partial charge in [-0.2, -0.15) is 5.10 Å². The van der Waals surface area contributed by atoms with Gasteiger partial charge in [0.05, 0.1) is 5.71 Å². The third-order valence-corrected chi connectivity index (χ3v) is 3.49. The highest BCUT2D eigenvalue weighted by atomic mass is 15.2. The Bertz CT molecular complexity index is 766. The van der Waals surface area contributed by atoms with Crippen LogP contribution < -0.4 is 0 Å². The highest BCUT2D eigenvalue weighted by Gasteiger charge is 2.06. The van der Waals surface area contributed by atoms with E-state index in [0.29, 0.717) is 0 Å². The standard InChI is InChI=1S/C20H17N3/c1-16(17-12-14-21-15-13-17)22-23-20(18-8-4-2-5-9-18)19-10-6-3-7-11-19/h2-15H,1H3/b22-16-. The number of rotatable bonds is 4. The van der Waals surface area contributed by atoms with Crippen LogP contribution in [0.4, 0.5) is 0 Å². The van der Waals surface area contributed by atoms with Crippen molar-refractivity contribution in [3.05, 3.63) is 102 Å². The summed E-state index contributed by atoms with van der Waals surface area (Å²) in [6.07, 6.45) is 3.51. The highest BCUT2D eigenvalue weighted by Crippen LogP contribution is 2.11. The predicted molar refractivity (Wildman–Crippen MR) is 95.0 cm³/mol. The number of hydrogen-bond donors (Lipinski definition) is 0. The van der Waals surface area contributed by atoms with Crippen LogP contribution in [-0.4, -0.2) is 16.4 Å². The molecule has 0 spiro atoms. The van der Waals surface area contributed by atoms with Gasteiger partial charge in [-0.15, -0.1) is 5.10 Å². The molecule has 0 bridgehead atoms. The van der Waals surface area contributed by atoms with Gasteiger partial charge in [-0.05, 0) is 19.1 Å². The van der Waals surface area contributed by atoms with Crippen LogP contribution in [0.1, 0.15) is 23.6 Å². The molecule has 0 saturated heterocycles. The van der Waals surface area contributed by atoms with Crippen molar-refractivity contribution >= 4 is 11.4 Å². The summed E-state index contributed by atoms with van der Waals surface area (Å²) in [7, 11) is 0. The average Bonchev–Trinajstić information content (AvgIpc) is 2.64. The topological polar surface area (TPSA) is 37.6 Å². The molecule has 0 aliphatic rings. The van der Waals surface area contributed by atoms with Gasteiger partial charge < -0.3 is 0 Å². The van der Waals surface area contributed by atoms with E-state index in [9.17, 15) is 0 Å². The Labute approximate surface area is 136 Å². The van der Waals surface area contributed by atoms with Gasteiger partial charge in [0, 0.05) is 29.1 Å². The summed E-state index contributed by atoms with van der Waals surface area (Å²) in [6, 6.07) is 24.1. The summed E-state index contributed by atoms with van der Waals surface area (Å²) in [5, 5.41) is 8.95. The van der Waals surface area contributed by atoms with Crippen molar-refractivity contribution in [1.29, 1.82) is 0 Å². The first kappa shape index (κ1) is 14.9. The Balaban J connectivity index is 2.02. The van der Waals surface area contributed by atoms with Gasteiger partial charge in [0.15, 0.2) is 0 Å². The van der Waals surface area contributed by atoms with Gasteiger partial charge >= 0.3 is 0 Å². The summed E-state index contributed by atoms with van der Waals surface area (Å²) < 4.78 is 0. The van der Waals surface area contributed by atoms with E-state index >= 15 is 0 Å². The molecule has 0 radical (unpaired) electrons. The molecule has 1 heterocycles. The van der Waals surface area contributed by atoms with Gasteiger partial charge in [0.2, 0.25) is 0 Å². The fraction of sp³-hybridized carbons (Fsp3) is 0.0500. The Kier molecular flexibility index (Phi) is 4.69. The lowest BCUT2D eigenvalue weighted by Gasteiger charge is -2.05. The molecule has 0 aliphatic heterocycles. The summed E-state index contributed by atoms with van der Waals surface area (Å²) in [4.78, 5) is 4.03. The number of aromatic nitrogens is 1. The molecule has 0 N–H and O–H groups in total. The summed E-state index contributed by atoms with van der Waals surface area (Å²) >= 11 is 0. The minimum atomic E-state index is 0.858. The van der Waals surface area contributed by atoms with Crippen LogP contribution in [0.3, 0.4) is 0 Å². The Hall–Kier alpha value is -3.07. The van der Waals surface area contributed by atoms with Gasteiger partial charge in [-0.3, -0.25) is 4.98 Å². The molecule has 0 fully saturated rings. The molecule has 3 aromatic rings. The molecule has 112 valence electrons. The quantitative estimate of drug-likeness (QED) is 0.521. The zero-order chi connectivity index (χ0) is 15.9. The van der Waals surface area contributed by atoms with Crippen LogP contribution in [0.2, 0.25) is 0 Å². The molecule has 0 aliphatic carbocycles. The molecular weight excluding hydrogens is 282 g/mol. The Morgan fingerprint density at radius 3 is 1.70 bits per heavy atom. The smallest absolute Gasteiger partial charge is 0.100 e. The van der Waals surface area contributed by atoms with Crippen molar-refractivity contribution < 1.29 is 0 Å². The van der Waals surface area contributed by atoms with Crippen molar-refractivity contribution in [1.82, 2.24) is 4.98 Å². The van der Waals surface area contributed by atoms with E-state index in [1.807, 2.05) is 79.7 Å². The second kappa shape index (κ2) is 7.27. The zero-order valence-corrected chi connectivity index (χ0v) is 12.9. The fourth-order valence-electron chi connectivity index (χ4n) is 2.25. The number of benzene rings is 2. The van der Waals surface area contributed by atoms with Crippen LogP contribution in [-0.2, 0) is 0 Å². The van der Waals surface area contributed by atoms with E-state index in [4.69, 9.17) is 0 Å². The van der Waals surface area contributed by atoms with Crippen molar-refractivity contribution in [2.24, 2.45) is 10.2 Å². The predicted octanol–water partition coefficient (Wildman–Crippen LogP) is 4.34. The lowest BCUT2D eigenvalue weighted by Crippen LogP contribution is -2.03. The van der Waals surface area contributed by atoms with Gasteiger partial charge in [0.25, 0.3) is 0 Å². The van der Waals surface area contributed by atoms with E-state index in [-0.39, 0.29) is 0 Å². The van der Waals surface area contributed by atoms with Crippen LogP contribution in [0.25, 0.3) is 0 Å². The molecular formula is C20H17N3. The lowest BCUT2D eigenvalue weighted by molar-refractivity contribution is 1.21. The molecule has 0 amide bonds. The minimum Gasteiger partial charge on any atom is -0.265 e. The maximum absolute atomic E-state index is 4.52. The van der Waals surface area contributed by atoms with Crippen LogP contribution in [0.15, 0.2) is 95.4 Å². The minimum absolute atomic E-state index is 0.858. The Morgan fingerprint density at radius 1 is 0.652 bits per heavy atom. The first-order valence-electron chi connectivity index (χ1n) is 7.48. The lowest BCUT2D eigenvalue weighted by atomic mass is 10.0. The molecule has 0 saturated carbocycles. The molecule has 1 aromatic heterocycles. The first-order chi connectivity index (χ1) is 11.3. The molecule has 3 heteroatoms. The van der Waals surface area contributed by atoms with E-state index in [0.717, 1.165) is 28.1 Å². The average molecular weight is 299 g/mol. The van der Waals surface area contributed by atoms with Crippen LogP contribution in [0.5, 0.6) is 0 Å². The maximum atomic E-state index is 4.52. The number of nitrogens with zero attached hydrogens (tertiary/aromatic N) is 3. The Morgan fingerprint density at radius 2 is 1.17 bits per heavy atom. The third-order valence-electron chi connectivity index (χ3n) is 3.49. The van der Waals surface area contributed by atoms with Crippen molar-refractivity contribution in [2.75, 3.05) is 0 Å². The summed E-state index contributed by atoms with van der Waals surface area (Å²) in [5.74, 6) is 0. The van der Waals surface area contributed by atoms with E-state index in [1.54, 1.807) is 12.4 Å². The molecule has 0 unspecified atom stereocenters. The summed E-state index contributed by atoms with van der Waals surface area (Å²) in [5.41, 5.74) is 4.83. The van der Waals surface area contributed by atoms with Crippen LogP contribution in [0, 0.1) is 0 Å². The van der Waals surface area contributed by atoms with Gasteiger partial charge in [-0.25, -0.2) is 0 Å². The first-order valence-corrected chi connectivity index (χ1v) is 7.48. The number of pyridine rings is 1. The van der Waals surface area contributed by atoms with E-state index in [1.165, 1.54) is 0 Å². The summed E-state index contributed by atoms with van der Waals surface area (Å²) in [6.45, 7) is 1.95. The normalized spacial score (nSPS) is 11.1. The van der Waals surface area contributed by atoms with E-state index < -0.39 is 0 Å². The maximum Gasteiger partial charge on any atom is 0.100 e. The second-order valence-corrected chi connectivity index (χ2v) is 5.10. The monoisotopic (exact) mass is 299 g/mol. The van der Waals surface area contributed by atoms with Crippen LogP contribution >= 0.6 is 0 Å². The van der Waals surface area contributed by atoms with Gasteiger partial charge in [-0.1, -0.05) is 60.7 Å². The second-order valence-electron chi connectivity index (χ2n) is 5.10. The SMILES string of the molecule is C/C(=N/N=C(c1ccccc1)c1ccccc1)c1ccncc1. The zero-order valence-electron chi connectivity index (χ0n) is 12.9. The largest absolute Gasteiger partial charge is 0.265 e. The van der Waals surface area contributed by atoms with Crippen molar-refractivity contribution in [3.63, 3.8) is 0 Å². The number of hydrogen-bond acceptors (Lipinski definition) is 3. The molecule has 2 aromatic carbocycles. The van der Waals surface area contributed by atoms with Crippen molar-refractivity contribution in [2.45, 2.75) is 6.92 Å². The van der Waals surface area contributed by atoms with E-state index in [2.05, 4.69) is 15.2 Å².